The van der Waals surface area contributed by atoms with Crippen LogP contribution in [0.4, 0.5) is 4.39 Å². The first-order chi connectivity index (χ1) is 11.6. The molecule has 1 aliphatic rings. The largest absolute Gasteiger partial charge is 0.488 e. The second-order valence-electron chi connectivity index (χ2n) is 5.64. The van der Waals surface area contributed by atoms with E-state index in [0.717, 1.165) is 19.6 Å². The maximum Gasteiger partial charge on any atom is 0.252 e. The molecular weight excluding hydrogens is 351 g/mol. The Morgan fingerprint density at radius 2 is 1.88 bits per heavy atom. The number of thiophene rings is 1. The average molecular weight is 371 g/mol. The van der Waals surface area contributed by atoms with Gasteiger partial charge in [-0.25, -0.2) is 12.8 Å². The molecule has 2 heterocycles. The van der Waals surface area contributed by atoms with E-state index >= 15 is 0 Å². The molecule has 0 atom stereocenters. The SMILES string of the molecule is O=S(=O)(c1cccs1)N1CC[NH+](CCOc2ccc(F)cc2)CC1. The number of hydrogen-bond donors (Lipinski definition) is 1. The van der Waals surface area contributed by atoms with Gasteiger partial charge in [0.25, 0.3) is 10.0 Å². The molecule has 1 fully saturated rings. The molecule has 0 bridgehead atoms. The van der Waals surface area contributed by atoms with Crippen LogP contribution in [0.3, 0.4) is 0 Å². The van der Waals surface area contributed by atoms with E-state index in [9.17, 15) is 12.8 Å². The number of hydrogen-bond acceptors (Lipinski definition) is 4. The summed E-state index contributed by atoms with van der Waals surface area (Å²) < 4.78 is 45.3. The summed E-state index contributed by atoms with van der Waals surface area (Å²) >= 11 is 1.25. The summed E-state index contributed by atoms with van der Waals surface area (Å²) in [5.74, 6) is 0.366. The molecule has 0 aliphatic carbocycles. The Bertz CT molecular complexity index is 740. The van der Waals surface area contributed by atoms with Crippen LogP contribution in [0.15, 0.2) is 46.0 Å². The fraction of sp³-hybridized carbons (Fsp3) is 0.375. The van der Waals surface area contributed by atoms with Crippen molar-refractivity contribution in [2.24, 2.45) is 0 Å². The normalized spacial score (nSPS) is 17.0. The Labute approximate surface area is 145 Å². The van der Waals surface area contributed by atoms with Crippen LogP contribution >= 0.6 is 11.3 Å². The third kappa shape index (κ3) is 4.13. The van der Waals surface area contributed by atoms with Crippen LogP contribution in [-0.4, -0.2) is 52.1 Å². The molecule has 1 aromatic carbocycles. The first kappa shape index (κ1) is 17.3. The number of nitrogens with zero attached hydrogens (tertiary/aromatic N) is 1. The molecule has 0 radical (unpaired) electrons. The van der Waals surface area contributed by atoms with Crippen LogP contribution in [0.1, 0.15) is 0 Å². The van der Waals surface area contributed by atoms with Crippen LogP contribution in [0.25, 0.3) is 0 Å². The summed E-state index contributed by atoms with van der Waals surface area (Å²) in [6.45, 7) is 3.88. The highest BCUT2D eigenvalue weighted by Gasteiger charge is 2.30. The van der Waals surface area contributed by atoms with Crippen LogP contribution in [0.2, 0.25) is 0 Å². The van der Waals surface area contributed by atoms with E-state index in [1.54, 1.807) is 34.0 Å². The number of ether oxygens (including phenoxy) is 1. The van der Waals surface area contributed by atoms with Gasteiger partial charge in [-0.2, -0.15) is 4.31 Å². The van der Waals surface area contributed by atoms with Gasteiger partial charge in [0.05, 0.1) is 26.2 Å². The molecule has 1 aromatic heterocycles. The molecule has 130 valence electrons. The second kappa shape index (κ2) is 7.60. The summed E-state index contributed by atoms with van der Waals surface area (Å²) in [5.41, 5.74) is 0. The topological polar surface area (TPSA) is 51.0 Å². The zero-order chi connectivity index (χ0) is 17.0. The van der Waals surface area contributed by atoms with Crippen LogP contribution < -0.4 is 9.64 Å². The van der Waals surface area contributed by atoms with E-state index in [1.807, 2.05) is 0 Å². The highest BCUT2D eigenvalue weighted by molar-refractivity contribution is 7.91. The predicted octanol–water partition coefficient (Wildman–Crippen LogP) is 0.855. The summed E-state index contributed by atoms with van der Waals surface area (Å²) in [4.78, 5) is 1.31. The molecular formula is C16H20FN2O3S2+. The lowest BCUT2D eigenvalue weighted by atomic mass is 10.3. The minimum atomic E-state index is -3.34. The zero-order valence-corrected chi connectivity index (χ0v) is 14.8. The Kier molecular flexibility index (Phi) is 5.50. The summed E-state index contributed by atoms with van der Waals surface area (Å²) in [7, 11) is -3.34. The molecule has 3 rings (SSSR count). The van der Waals surface area contributed by atoms with E-state index in [4.69, 9.17) is 4.74 Å². The van der Waals surface area contributed by atoms with Crippen molar-refractivity contribution in [3.63, 3.8) is 0 Å². The zero-order valence-electron chi connectivity index (χ0n) is 13.2. The second-order valence-corrected chi connectivity index (χ2v) is 8.75. The Balaban J connectivity index is 1.45. The highest BCUT2D eigenvalue weighted by Crippen LogP contribution is 2.20. The van der Waals surface area contributed by atoms with Crippen molar-refractivity contribution in [1.82, 2.24) is 4.31 Å². The van der Waals surface area contributed by atoms with Gasteiger partial charge in [0, 0.05) is 0 Å². The quantitative estimate of drug-likeness (QED) is 0.819. The molecule has 1 N–H and O–H groups in total. The Morgan fingerprint density at radius 3 is 2.50 bits per heavy atom. The maximum atomic E-state index is 12.8. The van der Waals surface area contributed by atoms with Crippen LogP contribution in [-0.2, 0) is 10.0 Å². The van der Waals surface area contributed by atoms with Gasteiger partial charge >= 0.3 is 0 Å². The first-order valence-electron chi connectivity index (χ1n) is 7.81. The molecule has 0 unspecified atom stereocenters. The fourth-order valence-corrected chi connectivity index (χ4v) is 5.26. The minimum Gasteiger partial charge on any atom is -0.488 e. The number of halogens is 1. The number of benzene rings is 1. The third-order valence-corrected chi connectivity index (χ3v) is 7.33. The van der Waals surface area contributed by atoms with Gasteiger partial charge in [0.1, 0.15) is 28.9 Å². The van der Waals surface area contributed by atoms with E-state index in [1.165, 1.54) is 28.4 Å². The van der Waals surface area contributed by atoms with Gasteiger partial charge in [-0.15, -0.1) is 11.3 Å². The lowest BCUT2D eigenvalue weighted by Crippen LogP contribution is -3.15. The van der Waals surface area contributed by atoms with Crippen molar-refractivity contribution < 1.29 is 22.4 Å². The minimum absolute atomic E-state index is 0.281. The molecule has 8 heteroatoms. The number of rotatable bonds is 6. The summed E-state index contributed by atoms with van der Waals surface area (Å²) in [6, 6.07) is 9.36. The van der Waals surface area contributed by atoms with Crippen molar-refractivity contribution in [3.05, 3.63) is 47.6 Å². The van der Waals surface area contributed by atoms with Gasteiger partial charge in [-0.05, 0) is 35.7 Å². The molecule has 2 aromatic rings. The molecule has 0 amide bonds. The summed E-state index contributed by atoms with van der Waals surface area (Å²) in [6.07, 6.45) is 0. The van der Waals surface area contributed by atoms with E-state index in [-0.39, 0.29) is 5.82 Å². The lowest BCUT2D eigenvalue weighted by molar-refractivity contribution is -0.903. The average Bonchev–Trinajstić information content (AvgIpc) is 3.13. The van der Waals surface area contributed by atoms with Gasteiger partial charge in [0.15, 0.2) is 0 Å². The first-order valence-corrected chi connectivity index (χ1v) is 10.1. The van der Waals surface area contributed by atoms with Crippen molar-refractivity contribution in [2.75, 3.05) is 39.3 Å². The number of piperazine rings is 1. The number of nitrogens with one attached hydrogen (secondary N) is 1. The van der Waals surface area contributed by atoms with E-state index in [2.05, 4.69) is 0 Å². The van der Waals surface area contributed by atoms with Gasteiger partial charge < -0.3 is 9.64 Å². The van der Waals surface area contributed by atoms with E-state index < -0.39 is 10.0 Å². The fourth-order valence-electron chi connectivity index (χ4n) is 2.67. The molecule has 24 heavy (non-hydrogen) atoms. The van der Waals surface area contributed by atoms with Gasteiger partial charge in [0.2, 0.25) is 0 Å². The smallest absolute Gasteiger partial charge is 0.252 e. The van der Waals surface area contributed by atoms with Gasteiger partial charge in [-0.3, -0.25) is 0 Å². The highest BCUT2D eigenvalue weighted by atomic mass is 32.2. The lowest BCUT2D eigenvalue weighted by Gasteiger charge is -2.31. The Morgan fingerprint density at radius 1 is 1.17 bits per heavy atom. The van der Waals surface area contributed by atoms with Gasteiger partial charge in [-0.1, -0.05) is 6.07 Å². The van der Waals surface area contributed by atoms with Crippen molar-refractivity contribution >= 4 is 21.4 Å². The van der Waals surface area contributed by atoms with E-state index in [0.29, 0.717) is 29.7 Å². The van der Waals surface area contributed by atoms with Crippen molar-refractivity contribution in [1.29, 1.82) is 0 Å². The van der Waals surface area contributed by atoms with Crippen molar-refractivity contribution in [2.45, 2.75) is 4.21 Å². The third-order valence-electron chi connectivity index (χ3n) is 4.06. The number of sulfonamides is 1. The summed E-state index contributed by atoms with van der Waals surface area (Å²) in [5, 5.41) is 1.78. The predicted molar refractivity (Wildman–Crippen MR) is 90.5 cm³/mol. The van der Waals surface area contributed by atoms with Crippen LogP contribution in [0.5, 0.6) is 5.75 Å². The molecule has 1 aliphatic heterocycles. The standard InChI is InChI=1S/C16H19FN2O3S2/c17-14-3-5-15(6-4-14)22-12-11-18-7-9-19(10-8-18)24(20,21)16-2-1-13-23-16/h1-6,13H,7-12H2/p+1. The maximum absolute atomic E-state index is 12.8. The molecule has 1 saturated heterocycles. The molecule has 5 nitrogen and oxygen atoms in total. The van der Waals surface area contributed by atoms with Crippen molar-refractivity contribution in [3.8, 4) is 5.75 Å². The molecule has 0 saturated carbocycles. The molecule has 0 spiro atoms. The monoisotopic (exact) mass is 371 g/mol. The van der Waals surface area contributed by atoms with Crippen LogP contribution in [0, 0.1) is 5.82 Å². The number of quaternary nitrogens is 1. The Hall–Kier alpha value is -1.48.